The summed E-state index contributed by atoms with van der Waals surface area (Å²) < 4.78 is 13.4. The Labute approximate surface area is 122 Å². The summed E-state index contributed by atoms with van der Waals surface area (Å²) in [4.78, 5) is 7.49. The maximum absolute atomic E-state index is 13.4. The van der Waals surface area contributed by atoms with Gasteiger partial charge in [-0.3, -0.25) is 0 Å². The molecule has 0 aliphatic rings. The summed E-state index contributed by atoms with van der Waals surface area (Å²) >= 11 is 0. The molecule has 0 atom stereocenters. The van der Waals surface area contributed by atoms with Crippen molar-refractivity contribution < 1.29 is 4.39 Å². The number of H-pyrrole nitrogens is 1. The predicted octanol–water partition coefficient (Wildman–Crippen LogP) is 4.79. The number of halogens is 1. The van der Waals surface area contributed by atoms with Crippen molar-refractivity contribution in [1.82, 2.24) is 9.97 Å². The number of nitrogens with one attached hydrogen (secondary N) is 2. The predicted molar refractivity (Wildman–Crippen MR) is 85.2 cm³/mol. The normalized spacial score (nSPS) is 11.4. The second-order valence-corrected chi connectivity index (χ2v) is 4.92. The van der Waals surface area contributed by atoms with Crippen molar-refractivity contribution in [3.63, 3.8) is 0 Å². The van der Waals surface area contributed by atoms with Gasteiger partial charge in [-0.25, -0.2) is 9.37 Å². The van der Waals surface area contributed by atoms with Crippen LogP contribution in [0.5, 0.6) is 0 Å². The van der Waals surface area contributed by atoms with Gasteiger partial charge in [-0.15, -0.1) is 0 Å². The highest BCUT2D eigenvalue weighted by Crippen LogP contribution is 2.30. The Bertz CT molecular complexity index is 818. The summed E-state index contributed by atoms with van der Waals surface area (Å²) in [5.41, 5.74) is 4.25. The lowest BCUT2D eigenvalue weighted by molar-refractivity contribution is 0.619. The van der Waals surface area contributed by atoms with Crippen LogP contribution in [0.4, 0.5) is 15.8 Å². The third-order valence-electron chi connectivity index (χ3n) is 3.39. The minimum absolute atomic E-state index is 0.198. The van der Waals surface area contributed by atoms with Gasteiger partial charge >= 0.3 is 0 Å². The van der Waals surface area contributed by atoms with E-state index in [0.29, 0.717) is 5.56 Å². The van der Waals surface area contributed by atoms with Crippen LogP contribution >= 0.6 is 0 Å². The number of aromatic nitrogens is 2. The van der Waals surface area contributed by atoms with Gasteiger partial charge in [-0.1, -0.05) is 12.2 Å². The third-order valence-corrected chi connectivity index (χ3v) is 3.39. The zero-order valence-electron chi connectivity index (χ0n) is 11.9. The van der Waals surface area contributed by atoms with Crippen LogP contribution in [0.1, 0.15) is 18.1 Å². The van der Waals surface area contributed by atoms with Crippen molar-refractivity contribution in [3.05, 3.63) is 59.7 Å². The summed E-state index contributed by atoms with van der Waals surface area (Å²) in [6.07, 6.45) is 7.64. The molecule has 3 rings (SSSR count). The average molecular weight is 281 g/mol. The fraction of sp³-hybridized carbons (Fsp3) is 0.118. The van der Waals surface area contributed by atoms with Crippen LogP contribution in [0.3, 0.4) is 0 Å². The molecule has 0 fully saturated rings. The molecule has 0 unspecified atom stereocenters. The molecule has 0 saturated carbocycles. The zero-order valence-corrected chi connectivity index (χ0v) is 11.9. The van der Waals surface area contributed by atoms with E-state index in [9.17, 15) is 4.39 Å². The maximum Gasteiger partial charge on any atom is 0.139 e. The van der Waals surface area contributed by atoms with E-state index in [1.54, 1.807) is 19.1 Å². The Morgan fingerprint density at radius 3 is 2.90 bits per heavy atom. The number of rotatable bonds is 3. The molecular formula is C17H16FN3. The molecule has 0 radical (unpaired) electrons. The van der Waals surface area contributed by atoms with E-state index in [1.807, 2.05) is 37.5 Å². The van der Waals surface area contributed by atoms with Crippen molar-refractivity contribution in [2.75, 3.05) is 5.32 Å². The minimum Gasteiger partial charge on any atom is -0.354 e. The number of hydrogen-bond acceptors (Lipinski definition) is 2. The first-order chi connectivity index (χ1) is 10.2. The van der Waals surface area contributed by atoms with Crippen LogP contribution in [-0.2, 0) is 0 Å². The molecule has 2 aromatic heterocycles. The summed E-state index contributed by atoms with van der Waals surface area (Å²) in [6.45, 7) is 3.72. The Morgan fingerprint density at radius 1 is 1.29 bits per heavy atom. The Balaban J connectivity index is 2.11. The van der Waals surface area contributed by atoms with Gasteiger partial charge in [-0.2, -0.15) is 0 Å². The van der Waals surface area contributed by atoms with Gasteiger partial charge in [-0.05, 0) is 43.7 Å². The molecule has 0 amide bonds. The van der Waals surface area contributed by atoms with Gasteiger partial charge in [0.2, 0.25) is 0 Å². The summed E-state index contributed by atoms with van der Waals surface area (Å²) in [5.74, 6) is -0.198. The molecule has 2 N–H and O–H groups in total. The molecule has 21 heavy (non-hydrogen) atoms. The highest BCUT2D eigenvalue weighted by Gasteiger charge is 2.09. The number of aromatic amines is 1. The molecule has 0 saturated heterocycles. The monoisotopic (exact) mass is 281 g/mol. The van der Waals surface area contributed by atoms with E-state index in [1.165, 1.54) is 6.07 Å². The van der Waals surface area contributed by atoms with Crippen LogP contribution in [-0.4, -0.2) is 9.97 Å². The summed E-state index contributed by atoms with van der Waals surface area (Å²) in [7, 11) is 0. The molecule has 4 heteroatoms. The van der Waals surface area contributed by atoms with Crippen LogP contribution in [0, 0.1) is 12.7 Å². The van der Waals surface area contributed by atoms with E-state index >= 15 is 0 Å². The number of fused-ring (bicyclic) bond motifs is 1. The first kappa shape index (κ1) is 13.4. The molecule has 0 spiro atoms. The maximum atomic E-state index is 13.4. The first-order valence-electron chi connectivity index (χ1n) is 6.81. The van der Waals surface area contributed by atoms with Crippen LogP contribution in [0.15, 0.2) is 42.7 Å². The van der Waals surface area contributed by atoms with E-state index < -0.39 is 0 Å². The van der Waals surface area contributed by atoms with E-state index in [2.05, 4.69) is 15.3 Å². The standard InChI is InChI=1S/C17H16FN3/c1-3-4-12-10-20-17-14(7-8-19-17)16(12)21-13-5-6-15(18)11(2)9-13/h3-10H,1-2H3,(H2,19,20,21)/b4-3+. The third kappa shape index (κ3) is 2.52. The highest BCUT2D eigenvalue weighted by molar-refractivity contribution is 5.95. The molecule has 0 bridgehead atoms. The fourth-order valence-corrected chi connectivity index (χ4v) is 2.34. The SMILES string of the molecule is C/C=C/c1cnc2[nH]ccc2c1Nc1ccc(F)c(C)c1. The Kier molecular flexibility index (Phi) is 3.44. The van der Waals surface area contributed by atoms with Gasteiger partial charge in [0.25, 0.3) is 0 Å². The fourth-order valence-electron chi connectivity index (χ4n) is 2.34. The topological polar surface area (TPSA) is 40.7 Å². The van der Waals surface area contributed by atoms with Gasteiger partial charge < -0.3 is 10.3 Å². The second kappa shape index (κ2) is 5.40. The largest absolute Gasteiger partial charge is 0.354 e. The van der Waals surface area contributed by atoms with Crippen LogP contribution < -0.4 is 5.32 Å². The van der Waals surface area contributed by atoms with E-state index in [-0.39, 0.29) is 5.82 Å². The number of allylic oxidation sites excluding steroid dienone is 1. The average Bonchev–Trinajstić information content (AvgIpc) is 2.94. The number of nitrogens with zero attached hydrogens (tertiary/aromatic N) is 1. The molecule has 1 aromatic carbocycles. The van der Waals surface area contributed by atoms with E-state index in [4.69, 9.17) is 0 Å². The molecule has 3 aromatic rings. The van der Waals surface area contributed by atoms with Crippen LogP contribution in [0.25, 0.3) is 17.1 Å². The molecule has 0 aliphatic carbocycles. The molecular weight excluding hydrogens is 265 g/mol. The first-order valence-corrected chi connectivity index (χ1v) is 6.81. The lowest BCUT2D eigenvalue weighted by Crippen LogP contribution is -1.96. The lowest BCUT2D eigenvalue weighted by atomic mass is 10.1. The van der Waals surface area contributed by atoms with Crippen molar-refractivity contribution in [2.24, 2.45) is 0 Å². The molecule has 106 valence electrons. The van der Waals surface area contributed by atoms with Gasteiger partial charge in [0.15, 0.2) is 0 Å². The number of benzene rings is 1. The molecule has 2 heterocycles. The van der Waals surface area contributed by atoms with Gasteiger partial charge in [0.05, 0.1) is 5.69 Å². The Morgan fingerprint density at radius 2 is 2.14 bits per heavy atom. The van der Waals surface area contributed by atoms with Gasteiger partial charge in [0.1, 0.15) is 11.5 Å². The minimum atomic E-state index is -0.198. The van der Waals surface area contributed by atoms with Gasteiger partial charge in [0, 0.05) is 29.0 Å². The molecule has 3 nitrogen and oxygen atoms in total. The van der Waals surface area contributed by atoms with Crippen molar-refractivity contribution in [2.45, 2.75) is 13.8 Å². The number of aryl methyl sites for hydroxylation is 1. The molecule has 0 aliphatic heterocycles. The van der Waals surface area contributed by atoms with E-state index in [0.717, 1.165) is 28.0 Å². The van der Waals surface area contributed by atoms with Crippen LogP contribution in [0.2, 0.25) is 0 Å². The summed E-state index contributed by atoms with van der Waals surface area (Å²) in [5, 5.41) is 4.38. The quantitative estimate of drug-likeness (QED) is 0.725. The second-order valence-electron chi connectivity index (χ2n) is 4.92. The smallest absolute Gasteiger partial charge is 0.139 e. The zero-order chi connectivity index (χ0) is 14.8. The number of anilines is 2. The van der Waals surface area contributed by atoms with Crippen molar-refractivity contribution in [1.29, 1.82) is 0 Å². The lowest BCUT2D eigenvalue weighted by Gasteiger charge is -2.12. The number of pyridine rings is 1. The summed E-state index contributed by atoms with van der Waals surface area (Å²) in [6, 6.07) is 6.99. The van der Waals surface area contributed by atoms with Crippen molar-refractivity contribution >= 4 is 28.5 Å². The highest BCUT2D eigenvalue weighted by atomic mass is 19.1. The number of hydrogen-bond donors (Lipinski definition) is 2. The Hall–Kier alpha value is -2.62. The van der Waals surface area contributed by atoms with Crippen molar-refractivity contribution in [3.8, 4) is 0 Å².